The van der Waals surface area contributed by atoms with Gasteiger partial charge in [-0.1, -0.05) is 76.7 Å². The predicted molar refractivity (Wildman–Crippen MR) is 165 cm³/mol. The number of hydrogen-bond acceptors (Lipinski definition) is 4. The summed E-state index contributed by atoms with van der Waals surface area (Å²) in [5.41, 5.74) is 4.99. The molecule has 3 heterocycles. The Kier molecular flexibility index (Phi) is 7.80. The van der Waals surface area contributed by atoms with Gasteiger partial charge in [0.05, 0.1) is 26.4 Å². The van der Waals surface area contributed by atoms with E-state index in [4.69, 9.17) is 46.4 Å². The quantitative estimate of drug-likeness (QED) is 0.242. The Hall–Kier alpha value is -3.00. The van der Waals surface area contributed by atoms with E-state index in [0.29, 0.717) is 38.7 Å². The van der Waals surface area contributed by atoms with Crippen molar-refractivity contribution in [2.75, 3.05) is 29.4 Å². The third-order valence-electron chi connectivity index (χ3n) is 7.30. The molecule has 0 aliphatic carbocycles. The molecular weight excluding hydrogens is 588 g/mol. The largest absolute Gasteiger partial charge is 0.351 e. The standard InChI is InChI=1S/C30H25Cl4N5O/c31-19-8-9-28(36-15-19)38-11-10-35-16-20(38)12-18-13-22(21-4-1-2-5-24(21)32)23-17-37-30(40)39(27(23)14-18)29-25(33)6-3-7-26(29)34/h1-9,13-15,20,35H,10-12,16-17H2,(H,37,40). The molecule has 2 aliphatic heterocycles. The number of fused-ring (bicyclic) bond motifs is 1. The maximum absolute atomic E-state index is 13.4. The van der Waals surface area contributed by atoms with Gasteiger partial charge in [-0.2, -0.15) is 0 Å². The molecule has 10 heteroatoms. The van der Waals surface area contributed by atoms with Gasteiger partial charge in [-0.15, -0.1) is 0 Å². The lowest BCUT2D eigenvalue weighted by Crippen LogP contribution is -2.52. The first-order valence-corrected chi connectivity index (χ1v) is 14.4. The first-order valence-electron chi connectivity index (χ1n) is 12.9. The summed E-state index contributed by atoms with van der Waals surface area (Å²) in [6.45, 7) is 2.79. The number of piperazine rings is 1. The number of rotatable bonds is 5. The van der Waals surface area contributed by atoms with Crippen LogP contribution in [0.15, 0.2) is 72.9 Å². The molecule has 1 fully saturated rings. The fourth-order valence-corrected chi connectivity index (χ4v) is 6.39. The van der Waals surface area contributed by atoms with Gasteiger partial charge in [-0.05, 0) is 53.9 Å². The third-order valence-corrected chi connectivity index (χ3v) is 8.46. The molecule has 1 unspecified atom stereocenters. The number of aromatic nitrogens is 1. The van der Waals surface area contributed by atoms with E-state index in [2.05, 4.69) is 32.7 Å². The number of nitrogens with zero attached hydrogens (tertiary/aromatic N) is 3. The minimum Gasteiger partial charge on any atom is -0.351 e. The van der Waals surface area contributed by atoms with Crippen molar-refractivity contribution in [1.82, 2.24) is 15.6 Å². The highest BCUT2D eigenvalue weighted by atomic mass is 35.5. The molecule has 1 aromatic heterocycles. The van der Waals surface area contributed by atoms with Gasteiger partial charge in [-0.3, -0.25) is 4.90 Å². The average molecular weight is 613 g/mol. The summed E-state index contributed by atoms with van der Waals surface area (Å²) in [5.74, 6) is 0.879. The van der Waals surface area contributed by atoms with E-state index in [0.717, 1.165) is 53.4 Å². The number of anilines is 3. The van der Waals surface area contributed by atoms with Crippen molar-refractivity contribution in [1.29, 1.82) is 0 Å². The molecule has 0 bridgehead atoms. The minimum absolute atomic E-state index is 0.120. The van der Waals surface area contributed by atoms with Gasteiger partial charge in [-0.25, -0.2) is 9.78 Å². The van der Waals surface area contributed by atoms with E-state index in [9.17, 15) is 4.79 Å². The zero-order valence-electron chi connectivity index (χ0n) is 21.3. The van der Waals surface area contributed by atoms with Gasteiger partial charge < -0.3 is 15.5 Å². The van der Waals surface area contributed by atoms with Crippen LogP contribution in [0.4, 0.5) is 22.0 Å². The maximum Gasteiger partial charge on any atom is 0.326 e. The second kappa shape index (κ2) is 11.5. The number of benzene rings is 3. The van der Waals surface area contributed by atoms with Crippen LogP contribution in [-0.4, -0.2) is 36.7 Å². The molecule has 6 rings (SSSR count). The van der Waals surface area contributed by atoms with E-state index >= 15 is 0 Å². The Morgan fingerprint density at radius 1 is 0.900 bits per heavy atom. The van der Waals surface area contributed by atoms with Gasteiger partial charge in [0.1, 0.15) is 5.82 Å². The average Bonchev–Trinajstić information content (AvgIpc) is 2.95. The van der Waals surface area contributed by atoms with Crippen LogP contribution in [0.1, 0.15) is 11.1 Å². The Bertz CT molecular complexity index is 1560. The molecule has 1 saturated heterocycles. The monoisotopic (exact) mass is 611 g/mol. The van der Waals surface area contributed by atoms with Crippen LogP contribution in [0.3, 0.4) is 0 Å². The summed E-state index contributed by atoms with van der Waals surface area (Å²) >= 11 is 26.0. The molecule has 1 atom stereocenters. The number of halogens is 4. The highest BCUT2D eigenvalue weighted by Gasteiger charge is 2.32. The summed E-state index contributed by atoms with van der Waals surface area (Å²) in [6.07, 6.45) is 2.38. The number of pyridine rings is 1. The lowest BCUT2D eigenvalue weighted by molar-refractivity contribution is 0.247. The van der Waals surface area contributed by atoms with Crippen molar-refractivity contribution in [3.63, 3.8) is 0 Å². The fraction of sp³-hybridized carbons (Fsp3) is 0.200. The van der Waals surface area contributed by atoms with Crippen LogP contribution in [0.5, 0.6) is 0 Å². The molecule has 0 saturated carbocycles. The van der Waals surface area contributed by atoms with Crippen LogP contribution in [-0.2, 0) is 13.0 Å². The normalized spacial score (nSPS) is 17.0. The van der Waals surface area contributed by atoms with Crippen molar-refractivity contribution in [2.24, 2.45) is 0 Å². The van der Waals surface area contributed by atoms with Crippen LogP contribution in [0.2, 0.25) is 20.1 Å². The Morgan fingerprint density at radius 3 is 2.42 bits per heavy atom. The van der Waals surface area contributed by atoms with E-state index in [1.807, 2.05) is 36.4 Å². The van der Waals surface area contributed by atoms with Crippen molar-refractivity contribution >= 4 is 69.6 Å². The smallest absolute Gasteiger partial charge is 0.326 e. The molecule has 0 spiro atoms. The highest BCUT2D eigenvalue weighted by molar-refractivity contribution is 6.40. The van der Waals surface area contributed by atoms with Crippen molar-refractivity contribution in [3.8, 4) is 11.1 Å². The summed E-state index contributed by atoms with van der Waals surface area (Å²) in [6, 6.07) is 20.8. The summed E-state index contributed by atoms with van der Waals surface area (Å²) in [7, 11) is 0. The molecule has 6 nitrogen and oxygen atoms in total. The molecule has 3 aromatic carbocycles. The Morgan fingerprint density at radius 2 is 1.68 bits per heavy atom. The number of urea groups is 1. The van der Waals surface area contributed by atoms with Crippen LogP contribution in [0, 0.1) is 0 Å². The topological polar surface area (TPSA) is 60.5 Å². The molecule has 0 radical (unpaired) electrons. The number of para-hydroxylation sites is 1. The van der Waals surface area contributed by atoms with Gasteiger partial charge >= 0.3 is 6.03 Å². The van der Waals surface area contributed by atoms with Crippen molar-refractivity contribution in [2.45, 2.75) is 19.0 Å². The lowest BCUT2D eigenvalue weighted by atomic mass is 9.91. The van der Waals surface area contributed by atoms with Crippen LogP contribution in [0.25, 0.3) is 11.1 Å². The third kappa shape index (κ3) is 5.22. The molecule has 4 aromatic rings. The maximum atomic E-state index is 13.4. The zero-order valence-corrected chi connectivity index (χ0v) is 24.3. The zero-order chi connectivity index (χ0) is 27.8. The van der Waals surface area contributed by atoms with E-state index in [1.54, 1.807) is 29.3 Å². The van der Waals surface area contributed by atoms with Crippen LogP contribution >= 0.6 is 46.4 Å². The lowest BCUT2D eigenvalue weighted by Gasteiger charge is -2.38. The van der Waals surface area contributed by atoms with Crippen LogP contribution < -0.4 is 20.4 Å². The molecular formula is C30H25Cl4N5O. The summed E-state index contributed by atoms with van der Waals surface area (Å²) in [4.78, 5) is 21.8. The molecule has 2 aliphatic rings. The van der Waals surface area contributed by atoms with E-state index in [-0.39, 0.29) is 12.1 Å². The van der Waals surface area contributed by atoms with Gasteiger partial charge in [0, 0.05) is 54.6 Å². The van der Waals surface area contributed by atoms with E-state index in [1.165, 1.54) is 0 Å². The fourth-order valence-electron chi connectivity index (χ4n) is 5.47. The minimum atomic E-state index is -0.295. The van der Waals surface area contributed by atoms with Gasteiger partial charge in [0.2, 0.25) is 0 Å². The molecule has 40 heavy (non-hydrogen) atoms. The predicted octanol–water partition coefficient (Wildman–Crippen LogP) is 7.74. The Labute approximate surface area is 252 Å². The number of amides is 2. The molecule has 204 valence electrons. The van der Waals surface area contributed by atoms with Crippen molar-refractivity contribution in [3.05, 3.63) is 104 Å². The van der Waals surface area contributed by atoms with E-state index < -0.39 is 0 Å². The number of nitrogens with one attached hydrogen (secondary N) is 2. The first-order chi connectivity index (χ1) is 19.4. The second-order valence-electron chi connectivity index (χ2n) is 9.78. The summed E-state index contributed by atoms with van der Waals surface area (Å²) < 4.78 is 0. The number of carbonyl (C=O) groups excluding carboxylic acids is 1. The number of hydrogen-bond donors (Lipinski definition) is 2. The van der Waals surface area contributed by atoms with Gasteiger partial charge in [0.25, 0.3) is 0 Å². The SMILES string of the molecule is O=C1NCc2c(-c3ccccc3Cl)cc(CC3CNCCN3c3ccc(Cl)cn3)cc2N1c1c(Cl)cccc1Cl. The second-order valence-corrected chi connectivity index (χ2v) is 11.4. The Balaban J connectivity index is 1.49. The molecule has 2 amide bonds. The summed E-state index contributed by atoms with van der Waals surface area (Å²) in [5, 5.41) is 8.51. The van der Waals surface area contributed by atoms with Crippen molar-refractivity contribution < 1.29 is 4.79 Å². The number of carbonyl (C=O) groups is 1. The first kappa shape index (κ1) is 27.2. The highest BCUT2D eigenvalue weighted by Crippen LogP contribution is 2.45. The van der Waals surface area contributed by atoms with Gasteiger partial charge in [0.15, 0.2) is 0 Å². The molecule has 2 N–H and O–H groups in total.